The van der Waals surface area contributed by atoms with Crippen LogP contribution in [0.4, 0.5) is 0 Å². The van der Waals surface area contributed by atoms with Gasteiger partial charge in [0.05, 0.1) is 5.57 Å². The number of methoxy groups -OCH3 is 1. The van der Waals surface area contributed by atoms with Crippen molar-refractivity contribution >= 4 is 0 Å². The minimum absolute atomic E-state index is 0.0622. The standard InChI is InChI=1S/C19H24N4O/c1-19(2)8-16(15(10-20)11-21)17(12-22)18(9-19)23-6-4-14(5-7-23)13-24-3/h14H,4-9,13H2,1-3H3. The number of allylic oxidation sites excluding steroid dienone is 4. The van der Waals surface area contributed by atoms with Gasteiger partial charge in [0.15, 0.2) is 0 Å². The Labute approximate surface area is 144 Å². The van der Waals surface area contributed by atoms with Gasteiger partial charge in [0, 0.05) is 38.1 Å². The van der Waals surface area contributed by atoms with Crippen LogP contribution >= 0.6 is 0 Å². The first kappa shape index (κ1) is 18.1. The molecule has 0 atom stereocenters. The average Bonchev–Trinajstić information content (AvgIpc) is 2.56. The van der Waals surface area contributed by atoms with Crippen LogP contribution in [0.1, 0.15) is 39.5 Å². The molecule has 5 nitrogen and oxygen atoms in total. The molecular formula is C19H24N4O. The Kier molecular flexibility index (Phi) is 5.66. The van der Waals surface area contributed by atoms with Crippen LogP contribution in [-0.2, 0) is 4.74 Å². The van der Waals surface area contributed by atoms with Gasteiger partial charge in [-0.05, 0) is 37.0 Å². The van der Waals surface area contributed by atoms with E-state index in [9.17, 15) is 15.8 Å². The van der Waals surface area contributed by atoms with E-state index in [0.29, 0.717) is 23.5 Å². The fourth-order valence-electron chi connectivity index (χ4n) is 3.73. The molecule has 1 fully saturated rings. The molecule has 0 bridgehead atoms. The summed E-state index contributed by atoms with van der Waals surface area (Å²) < 4.78 is 5.25. The molecule has 5 heteroatoms. The summed E-state index contributed by atoms with van der Waals surface area (Å²) in [6.45, 7) is 6.83. The molecule has 2 rings (SSSR count). The van der Waals surface area contributed by atoms with Crippen LogP contribution in [0.2, 0.25) is 0 Å². The molecule has 0 aromatic heterocycles. The Morgan fingerprint density at radius 1 is 1.17 bits per heavy atom. The molecule has 1 aliphatic carbocycles. The highest BCUT2D eigenvalue weighted by Crippen LogP contribution is 2.44. The predicted molar refractivity (Wildman–Crippen MR) is 90.1 cm³/mol. The normalized spacial score (nSPS) is 21.0. The van der Waals surface area contributed by atoms with Crippen molar-refractivity contribution in [2.24, 2.45) is 11.3 Å². The summed E-state index contributed by atoms with van der Waals surface area (Å²) in [4.78, 5) is 2.28. The van der Waals surface area contributed by atoms with E-state index in [-0.39, 0.29) is 11.0 Å². The summed E-state index contributed by atoms with van der Waals surface area (Å²) >= 11 is 0. The molecule has 0 amide bonds. The summed E-state index contributed by atoms with van der Waals surface area (Å²) in [5.74, 6) is 0.567. The molecule has 1 heterocycles. The fraction of sp³-hybridized carbons (Fsp3) is 0.632. The van der Waals surface area contributed by atoms with E-state index in [1.54, 1.807) is 7.11 Å². The smallest absolute Gasteiger partial charge is 0.134 e. The number of ether oxygens (including phenoxy) is 1. The molecular weight excluding hydrogens is 300 g/mol. The second-order valence-corrected chi connectivity index (χ2v) is 7.41. The number of nitrogens with zero attached hydrogens (tertiary/aromatic N) is 4. The maximum Gasteiger partial charge on any atom is 0.134 e. The zero-order valence-corrected chi connectivity index (χ0v) is 14.7. The van der Waals surface area contributed by atoms with Crippen LogP contribution in [0.25, 0.3) is 0 Å². The largest absolute Gasteiger partial charge is 0.384 e. The molecule has 1 aliphatic heterocycles. The molecule has 24 heavy (non-hydrogen) atoms. The van der Waals surface area contributed by atoms with E-state index in [2.05, 4.69) is 24.8 Å². The SMILES string of the molecule is COCC1CCN(C2=C(C#N)C(=C(C#N)C#N)CC(C)(C)C2)CC1. The highest BCUT2D eigenvalue weighted by molar-refractivity contribution is 5.57. The number of likely N-dealkylation sites (tertiary alicyclic amines) is 1. The van der Waals surface area contributed by atoms with Gasteiger partial charge in [-0.2, -0.15) is 15.8 Å². The minimum Gasteiger partial charge on any atom is -0.384 e. The topological polar surface area (TPSA) is 83.8 Å². The van der Waals surface area contributed by atoms with E-state index < -0.39 is 0 Å². The van der Waals surface area contributed by atoms with Gasteiger partial charge in [-0.1, -0.05) is 13.8 Å². The third-order valence-corrected chi connectivity index (χ3v) is 4.93. The number of hydrogen-bond acceptors (Lipinski definition) is 5. The molecule has 1 saturated heterocycles. The molecule has 0 saturated carbocycles. The first-order valence-corrected chi connectivity index (χ1v) is 8.36. The summed E-state index contributed by atoms with van der Waals surface area (Å²) in [6, 6.07) is 6.22. The first-order valence-electron chi connectivity index (χ1n) is 8.36. The lowest BCUT2D eigenvalue weighted by Crippen LogP contribution is -2.38. The van der Waals surface area contributed by atoms with Crippen LogP contribution in [0.3, 0.4) is 0 Å². The van der Waals surface area contributed by atoms with E-state index in [1.165, 1.54) is 0 Å². The molecule has 0 N–H and O–H groups in total. The summed E-state index contributed by atoms with van der Waals surface area (Å²) in [6.07, 6.45) is 3.48. The number of nitriles is 3. The van der Waals surface area contributed by atoms with Crippen LogP contribution < -0.4 is 0 Å². The molecule has 0 aromatic carbocycles. The highest BCUT2D eigenvalue weighted by atomic mass is 16.5. The monoisotopic (exact) mass is 324 g/mol. The molecule has 0 aromatic rings. The lowest BCUT2D eigenvalue weighted by atomic mass is 9.72. The minimum atomic E-state index is -0.0622. The van der Waals surface area contributed by atoms with Crippen molar-refractivity contribution in [1.82, 2.24) is 4.90 Å². The van der Waals surface area contributed by atoms with Crippen molar-refractivity contribution in [3.05, 3.63) is 22.4 Å². The Morgan fingerprint density at radius 2 is 1.79 bits per heavy atom. The van der Waals surface area contributed by atoms with Gasteiger partial charge in [0.2, 0.25) is 0 Å². The van der Waals surface area contributed by atoms with Crippen LogP contribution in [0.15, 0.2) is 22.4 Å². The Hall–Kier alpha value is -2.29. The Morgan fingerprint density at radius 3 is 2.29 bits per heavy atom. The van der Waals surface area contributed by atoms with Gasteiger partial charge in [-0.15, -0.1) is 0 Å². The van der Waals surface area contributed by atoms with Crippen molar-refractivity contribution in [3.63, 3.8) is 0 Å². The van der Waals surface area contributed by atoms with Crippen molar-refractivity contribution in [2.75, 3.05) is 26.8 Å². The predicted octanol–water partition coefficient (Wildman–Crippen LogP) is 3.29. The Balaban J connectivity index is 2.39. The molecule has 0 radical (unpaired) electrons. The second-order valence-electron chi connectivity index (χ2n) is 7.41. The summed E-state index contributed by atoms with van der Waals surface area (Å²) in [5, 5.41) is 28.2. The quantitative estimate of drug-likeness (QED) is 0.744. The van der Waals surface area contributed by atoms with Gasteiger partial charge in [0.1, 0.15) is 23.8 Å². The molecule has 2 aliphatic rings. The third-order valence-electron chi connectivity index (χ3n) is 4.93. The zero-order valence-electron chi connectivity index (χ0n) is 14.7. The van der Waals surface area contributed by atoms with E-state index in [4.69, 9.17) is 4.74 Å². The average molecular weight is 324 g/mol. The van der Waals surface area contributed by atoms with Crippen molar-refractivity contribution in [2.45, 2.75) is 39.5 Å². The van der Waals surface area contributed by atoms with Gasteiger partial charge >= 0.3 is 0 Å². The Bertz CT molecular complexity index is 658. The fourth-order valence-corrected chi connectivity index (χ4v) is 3.73. The van der Waals surface area contributed by atoms with Gasteiger partial charge in [-0.3, -0.25) is 0 Å². The lowest BCUT2D eigenvalue weighted by Gasteiger charge is -2.41. The van der Waals surface area contributed by atoms with Crippen molar-refractivity contribution in [1.29, 1.82) is 15.8 Å². The second kappa shape index (κ2) is 7.52. The van der Waals surface area contributed by atoms with Gasteiger partial charge in [0.25, 0.3) is 0 Å². The van der Waals surface area contributed by atoms with Crippen LogP contribution in [-0.4, -0.2) is 31.7 Å². The van der Waals surface area contributed by atoms with E-state index in [0.717, 1.165) is 44.7 Å². The van der Waals surface area contributed by atoms with Crippen molar-refractivity contribution < 1.29 is 4.74 Å². The number of rotatable bonds is 3. The number of piperidine rings is 1. The zero-order chi connectivity index (χ0) is 17.7. The maximum absolute atomic E-state index is 9.70. The van der Waals surface area contributed by atoms with E-state index in [1.807, 2.05) is 12.1 Å². The summed E-state index contributed by atoms with van der Waals surface area (Å²) in [7, 11) is 1.73. The highest BCUT2D eigenvalue weighted by Gasteiger charge is 2.35. The maximum atomic E-state index is 9.70. The molecule has 0 unspecified atom stereocenters. The van der Waals surface area contributed by atoms with Crippen LogP contribution in [0, 0.1) is 45.3 Å². The van der Waals surface area contributed by atoms with E-state index >= 15 is 0 Å². The number of hydrogen-bond donors (Lipinski definition) is 0. The lowest BCUT2D eigenvalue weighted by molar-refractivity contribution is 0.106. The summed E-state index contributed by atoms with van der Waals surface area (Å²) in [5.41, 5.74) is 2.17. The van der Waals surface area contributed by atoms with Crippen LogP contribution in [0.5, 0.6) is 0 Å². The van der Waals surface area contributed by atoms with Gasteiger partial charge in [-0.25, -0.2) is 0 Å². The third kappa shape index (κ3) is 3.78. The molecule has 126 valence electrons. The first-order chi connectivity index (χ1) is 11.5. The van der Waals surface area contributed by atoms with Crippen molar-refractivity contribution in [3.8, 4) is 18.2 Å². The molecule has 0 spiro atoms. The van der Waals surface area contributed by atoms with Gasteiger partial charge < -0.3 is 9.64 Å².